The molecule has 0 spiro atoms. The molecule has 0 unspecified atom stereocenters. The lowest BCUT2D eigenvalue weighted by Gasteiger charge is -2.34. The van der Waals surface area contributed by atoms with Gasteiger partial charge in [-0.05, 0) is 31.2 Å². The van der Waals surface area contributed by atoms with Gasteiger partial charge in [-0.1, -0.05) is 0 Å². The molecule has 3 aromatic rings. The number of halogens is 2. The minimum atomic E-state index is -0.657. The largest absolute Gasteiger partial charge is 0.322 e. The number of benzene rings is 1. The van der Waals surface area contributed by atoms with E-state index in [1.54, 1.807) is 11.1 Å². The minimum Gasteiger partial charge on any atom is -0.322 e. The molecule has 3 heterocycles. The van der Waals surface area contributed by atoms with Gasteiger partial charge in [0.1, 0.15) is 23.0 Å². The second-order valence-electron chi connectivity index (χ2n) is 7.04. The van der Waals surface area contributed by atoms with Gasteiger partial charge in [0.2, 0.25) is 0 Å². The number of aromatic nitrogens is 3. The molecule has 4 rings (SSSR count). The summed E-state index contributed by atoms with van der Waals surface area (Å²) in [5, 5.41) is 2.45. The van der Waals surface area contributed by atoms with Crippen molar-refractivity contribution >= 4 is 22.9 Å². The summed E-state index contributed by atoms with van der Waals surface area (Å²) in [6, 6.07) is 6.40. The van der Waals surface area contributed by atoms with Gasteiger partial charge < -0.3 is 14.8 Å². The number of carbonyl (C=O) groups is 1. The molecule has 0 saturated carbocycles. The number of carbonyl (C=O) groups excluding carboxylic acids is 1. The third-order valence-corrected chi connectivity index (χ3v) is 5.16. The molecule has 1 aromatic carbocycles. The number of nitrogens with one attached hydrogen (secondary N) is 1. The summed E-state index contributed by atoms with van der Waals surface area (Å²) in [7, 11) is 0. The molecule has 0 bridgehead atoms. The highest BCUT2D eigenvalue weighted by Gasteiger charge is 2.22. The highest BCUT2D eigenvalue weighted by Crippen LogP contribution is 2.17. The normalized spacial score (nSPS) is 15.1. The Morgan fingerprint density at radius 1 is 1.14 bits per heavy atom. The summed E-state index contributed by atoms with van der Waals surface area (Å²) in [5.41, 5.74) is 1.61. The number of anilines is 1. The zero-order chi connectivity index (χ0) is 20.4. The Labute approximate surface area is 167 Å². The van der Waals surface area contributed by atoms with Crippen LogP contribution in [0.2, 0.25) is 0 Å². The van der Waals surface area contributed by atoms with Crippen LogP contribution in [0.15, 0.2) is 36.5 Å². The first-order chi connectivity index (χ1) is 14.0. The molecule has 2 amide bonds. The van der Waals surface area contributed by atoms with Crippen LogP contribution in [-0.4, -0.2) is 63.1 Å². The van der Waals surface area contributed by atoms with Crippen LogP contribution in [0.25, 0.3) is 11.2 Å². The number of amides is 2. The molecule has 9 heteroatoms. The SMILES string of the molecule is Cc1nc2cccnc2n1CCN1CCN(C(=O)Nc2cc(F)ccc2F)CC1. The Kier molecular flexibility index (Phi) is 5.39. The van der Waals surface area contributed by atoms with Crippen LogP contribution in [-0.2, 0) is 6.54 Å². The molecular formula is C20H22F2N6O. The molecule has 2 aromatic heterocycles. The zero-order valence-electron chi connectivity index (χ0n) is 16.1. The predicted octanol–water partition coefficient (Wildman–Crippen LogP) is 2.87. The fourth-order valence-electron chi connectivity index (χ4n) is 3.54. The van der Waals surface area contributed by atoms with Crippen molar-refractivity contribution in [1.82, 2.24) is 24.3 Å². The molecule has 1 fully saturated rings. The van der Waals surface area contributed by atoms with E-state index in [1.807, 2.05) is 19.1 Å². The fourth-order valence-corrected chi connectivity index (χ4v) is 3.54. The quantitative estimate of drug-likeness (QED) is 0.731. The van der Waals surface area contributed by atoms with E-state index in [0.717, 1.165) is 48.3 Å². The smallest absolute Gasteiger partial charge is 0.322 e. The summed E-state index contributed by atoms with van der Waals surface area (Å²) in [6.45, 7) is 6.00. The number of piperazine rings is 1. The summed E-state index contributed by atoms with van der Waals surface area (Å²) in [5.74, 6) is -0.327. The van der Waals surface area contributed by atoms with Crippen LogP contribution in [0.4, 0.5) is 19.3 Å². The van der Waals surface area contributed by atoms with E-state index in [4.69, 9.17) is 0 Å². The van der Waals surface area contributed by atoms with Crippen LogP contribution in [0.1, 0.15) is 5.82 Å². The summed E-state index contributed by atoms with van der Waals surface area (Å²) in [4.78, 5) is 25.2. The van der Waals surface area contributed by atoms with Crippen molar-refractivity contribution in [3.63, 3.8) is 0 Å². The van der Waals surface area contributed by atoms with Gasteiger partial charge in [0.05, 0.1) is 5.69 Å². The molecule has 0 aliphatic carbocycles. The van der Waals surface area contributed by atoms with Crippen molar-refractivity contribution in [3.05, 3.63) is 54.0 Å². The van der Waals surface area contributed by atoms with Crippen molar-refractivity contribution in [1.29, 1.82) is 0 Å². The lowest BCUT2D eigenvalue weighted by atomic mass is 10.3. The van der Waals surface area contributed by atoms with Crippen molar-refractivity contribution in [2.45, 2.75) is 13.5 Å². The van der Waals surface area contributed by atoms with Gasteiger partial charge in [-0.25, -0.2) is 23.5 Å². The van der Waals surface area contributed by atoms with E-state index in [0.29, 0.717) is 26.2 Å². The second-order valence-corrected chi connectivity index (χ2v) is 7.04. The summed E-state index contributed by atoms with van der Waals surface area (Å²) < 4.78 is 29.1. The lowest BCUT2D eigenvalue weighted by molar-refractivity contribution is 0.144. The first-order valence-electron chi connectivity index (χ1n) is 9.52. The Balaban J connectivity index is 1.30. The fraction of sp³-hybridized carbons (Fsp3) is 0.350. The lowest BCUT2D eigenvalue weighted by Crippen LogP contribution is -2.50. The van der Waals surface area contributed by atoms with Crippen molar-refractivity contribution < 1.29 is 13.6 Å². The molecule has 1 aliphatic rings. The number of rotatable bonds is 4. The van der Waals surface area contributed by atoms with Gasteiger partial charge in [0.25, 0.3) is 0 Å². The maximum atomic E-state index is 13.7. The first kappa shape index (κ1) is 19.3. The Morgan fingerprint density at radius 3 is 2.72 bits per heavy atom. The van der Waals surface area contributed by atoms with Gasteiger partial charge in [-0.3, -0.25) is 4.90 Å². The van der Waals surface area contributed by atoms with E-state index in [1.165, 1.54) is 0 Å². The van der Waals surface area contributed by atoms with Gasteiger partial charge in [-0.2, -0.15) is 0 Å². The van der Waals surface area contributed by atoms with Crippen molar-refractivity contribution in [2.24, 2.45) is 0 Å². The van der Waals surface area contributed by atoms with Gasteiger partial charge in [0, 0.05) is 51.5 Å². The Bertz CT molecular complexity index is 1030. The maximum Gasteiger partial charge on any atom is 0.322 e. The maximum absolute atomic E-state index is 13.7. The Morgan fingerprint density at radius 2 is 1.93 bits per heavy atom. The van der Waals surface area contributed by atoms with E-state index in [9.17, 15) is 13.6 Å². The number of nitrogens with zero attached hydrogens (tertiary/aromatic N) is 5. The van der Waals surface area contributed by atoms with Gasteiger partial charge in [0.15, 0.2) is 5.65 Å². The van der Waals surface area contributed by atoms with Gasteiger partial charge in [-0.15, -0.1) is 0 Å². The van der Waals surface area contributed by atoms with Crippen molar-refractivity contribution in [3.8, 4) is 0 Å². The number of fused-ring (bicyclic) bond motifs is 1. The van der Waals surface area contributed by atoms with Crippen LogP contribution in [0.5, 0.6) is 0 Å². The van der Waals surface area contributed by atoms with E-state index >= 15 is 0 Å². The highest BCUT2D eigenvalue weighted by atomic mass is 19.1. The third kappa shape index (κ3) is 4.19. The number of hydrogen-bond acceptors (Lipinski definition) is 4. The van der Waals surface area contributed by atoms with Crippen LogP contribution >= 0.6 is 0 Å². The van der Waals surface area contributed by atoms with E-state index < -0.39 is 17.7 Å². The first-order valence-corrected chi connectivity index (χ1v) is 9.52. The molecule has 0 radical (unpaired) electrons. The van der Waals surface area contributed by atoms with Crippen molar-refractivity contribution in [2.75, 3.05) is 38.0 Å². The molecule has 1 N–H and O–H groups in total. The predicted molar refractivity (Wildman–Crippen MR) is 106 cm³/mol. The number of hydrogen-bond donors (Lipinski definition) is 1. The highest BCUT2D eigenvalue weighted by molar-refractivity contribution is 5.89. The van der Waals surface area contributed by atoms with Crippen LogP contribution < -0.4 is 5.32 Å². The molecule has 1 saturated heterocycles. The average Bonchev–Trinajstić information content (AvgIpc) is 3.04. The number of urea groups is 1. The molecule has 29 heavy (non-hydrogen) atoms. The molecule has 7 nitrogen and oxygen atoms in total. The monoisotopic (exact) mass is 400 g/mol. The summed E-state index contributed by atoms with van der Waals surface area (Å²) in [6.07, 6.45) is 1.76. The zero-order valence-corrected chi connectivity index (χ0v) is 16.1. The van der Waals surface area contributed by atoms with Crippen LogP contribution in [0, 0.1) is 18.6 Å². The standard InChI is InChI=1S/C20H22F2N6O/c1-14-24-17-3-2-6-23-19(17)28(14)12-9-26-7-10-27(11-8-26)20(29)25-18-13-15(21)4-5-16(18)22/h2-6,13H,7-12H2,1H3,(H,25,29). The second kappa shape index (κ2) is 8.12. The average molecular weight is 400 g/mol. The molecule has 0 atom stereocenters. The Hall–Kier alpha value is -3.07. The molecule has 152 valence electrons. The van der Waals surface area contributed by atoms with E-state index in [2.05, 4.69) is 24.8 Å². The minimum absolute atomic E-state index is 0.146. The van der Waals surface area contributed by atoms with E-state index in [-0.39, 0.29) is 5.69 Å². The topological polar surface area (TPSA) is 66.3 Å². The van der Waals surface area contributed by atoms with Crippen LogP contribution in [0.3, 0.4) is 0 Å². The summed E-state index contributed by atoms with van der Waals surface area (Å²) >= 11 is 0. The molecular weight excluding hydrogens is 378 g/mol. The third-order valence-electron chi connectivity index (χ3n) is 5.16. The number of imidazole rings is 1. The molecule has 1 aliphatic heterocycles. The van der Waals surface area contributed by atoms with Gasteiger partial charge >= 0.3 is 6.03 Å². The number of aryl methyl sites for hydroxylation is 1. The number of pyridine rings is 1.